The van der Waals surface area contributed by atoms with Crippen LogP contribution in [0.5, 0.6) is 5.75 Å². The lowest BCUT2D eigenvalue weighted by Gasteiger charge is -2.19. The smallest absolute Gasteiger partial charge is 0.124 e. The summed E-state index contributed by atoms with van der Waals surface area (Å²) in [5, 5.41) is 0.738. The molecular formula is C16H18ClNO. The largest absolute Gasteiger partial charge is 0.494 e. The number of hydrogen-bond donors (Lipinski definition) is 1. The molecule has 0 saturated heterocycles. The van der Waals surface area contributed by atoms with Crippen molar-refractivity contribution in [1.29, 1.82) is 0 Å². The molecule has 1 unspecified atom stereocenters. The Morgan fingerprint density at radius 1 is 1.11 bits per heavy atom. The van der Waals surface area contributed by atoms with Crippen LogP contribution in [0.3, 0.4) is 0 Å². The van der Waals surface area contributed by atoms with Gasteiger partial charge in [-0.15, -0.1) is 0 Å². The van der Waals surface area contributed by atoms with Crippen molar-refractivity contribution in [3.8, 4) is 5.75 Å². The molecular weight excluding hydrogens is 258 g/mol. The van der Waals surface area contributed by atoms with Crippen molar-refractivity contribution < 1.29 is 4.74 Å². The minimum Gasteiger partial charge on any atom is -0.494 e. The molecule has 0 radical (unpaired) electrons. The normalized spacial score (nSPS) is 12.2. The average molecular weight is 276 g/mol. The first-order valence-electron chi connectivity index (χ1n) is 6.37. The van der Waals surface area contributed by atoms with E-state index in [1.807, 2.05) is 56.3 Å². The third-order valence-electron chi connectivity index (χ3n) is 3.20. The lowest BCUT2D eigenvalue weighted by Crippen LogP contribution is -2.15. The predicted octanol–water partition coefficient (Wildman–Crippen LogP) is 4.10. The Morgan fingerprint density at radius 2 is 1.79 bits per heavy atom. The maximum absolute atomic E-state index is 6.38. The molecule has 0 aliphatic carbocycles. The average Bonchev–Trinajstić information content (AvgIpc) is 2.42. The molecule has 2 aromatic carbocycles. The van der Waals surface area contributed by atoms with Gasteiger partial charge in [0.15, 0.2) is 0 Å². The first-order chi connectivity index (χ1) is 9.15. The van der Waals surface area contributed by atoms with Crippen molar-refractivity contribution in [1.82, 2.24) is 0 Å². The molecule has 0 saturated carbocycles. The van der Waals surface area contributed by atoms with Crippen molar-refractivity contribution >= 4 is 11.6 Å². The molecule has 0 aliphatic heterocycles. The first-order valence-corrected chi connectivity index (χ1v) is 6.75. The van der Waals surface area contributed by atoms with E-state index < -0.39 is 0 Å². The zero-order chi connectivity index (χ0) is 13.8. The van der Waals surface area contributed by atoms with E-state index in [1.54, 1.807) is 0 Å². The fourth-order valence-electron chi connectivity index (χ4n) is 2.15. The Bertz CT molecular complexity index is 568. The fourth-order valence-corrected chi connectivity index (χ4v) is 2.33. The number of benzene rings is 2. The molecule has 0 amide bonds. The molecule has 0 fully saturated rings. The van der Waals surface area contributed by atoms with Crippen LogP contribution in [0.4, 0.5) is 0 Å². The Morgan fingerprint density at radius 3 is 2.53 bits per heavy atom. The molecule has 2 N–H and O–H groups in total. The van der Waals surface area contributed by atoms with Crippen LogP contribution in [0.15, 0.2) is 42.5 Å². The number of hydrogen-bond acceptors (Lipinski definition) is 2. The van der Waals surface area contributed by atoms with E-state index in [0.717, 1.165) is 27.5 Å². The Kier molecular flexibility index (Phi) is 4.46. The minimum atomic E-state index is -0.235. The van der Waals surface area contributed by atoms with Crippen LogP contribution < -0.4 is 10.5 Å². The van der Waals surface area contributed by atoms with E-state index in [4.69, 9.17) is 22.1 Å². The van der Waals surface area contributed by atoms with E-state index in [0.29, 0.717) is 6.61 Å². The van der Waals surface area contributed by atoms with Crippen molar-refractivity contribution in [3.63, 3.8) is 0 Å². The van der Waals surface area contributed by atoms with Crippen molar-refractivity contribution in [2.24, 2.45) is 5.73 Å². The van der Waals surface area contributed by atoms with Gasteiger partial charge in [-0.25, -0.2) is 0 Å². The summed E-state index contributed by atoms with van der Waals surface area (Å²) in [7, 11) is 0. The summed E-state index contributed by atoms with van der Waals surface area (Å²) in [5.41, 5.74) is 9.40. The summed E-state index contributed by atoms with van der Waals surface area (Å²) in [6.45, 7) is 4.58. The predicted molar refractivity (Wildman–Crippen MR) is 79.8 cm³/mol. The van der Waals surface area contributed by atoms with Crippen LogP contribution in [0.2, 0.25) is 5.02 Å². The highest BCUT2D eigenvalue weighted by Gasteiger charge is 2.16. The maximum Gasteiger partial charge on any atom is 0.124 e. The van der Waals surface area contributed by atoms with Crippen LogP contribution in [-0.4, -0.2) is 6.61 Å². The third-order valence-corrected chi connectivity index (χ3v) is 3.61. The van der Waals surface area contributed by atoms with Gasteiger partial charge < -0.3 is 10.5 Å². The van der Waals surface area contributed by atoms with E-state index in [2.05, 4.69) is 0 Å². The zero-order valence-electron chi connectivity index (χ0n) is 11.2. The van der Waals surface area contributed by atoms with Gasteiger partial charge in [0.2, 0.25) is 0 Å². The molecule has 0 spiro atoms. The quantitative estimate of drug-likeness (QED) is 0.912. The van der Waals surface area contributed by atoms with Gasteiger partial charge in [-0.3, -0.25) is 0 Å². The summed E-state index contributed by atoms with van der Waals surface area (Å²) < 4.78 is 5.64. The summed E-state index contributed by atoms with van der Waals surface area (Å²) in [6, 6.07) is 13.4. The summed E-state index contributed by atoms with van der Waals surface area (Å²) in [5.74, 6) is 0.830. The van der Waals surface area contributed by atoms with Gasteiger partial charge in [0, 0.05) is 10.6 Å². The Balaban J connectivity index is 2.44. The molecule has 1 atom stereocenters. The van der Waals surface area contributed by atoms with Crippen LogP contribution in [-0.2, 0) is 0 Å². The summed E-state index contributed by atoms with van der Waals surface area (Å²) in [4.78, 5) is 0. The van der Waals surface area contributed by atoms with Gasteiger partial charge in [0.1, 0.15) is 5.75 Å². The van der Waals surface area contributed by atoms with Crippen LogP contribution in [0.25, 0.3) is 0 Å². The topological polar surface area (TPSA) is 35.2 Å². The fraction of sp³-hybridized carbons (Fsp3) is 0.250. The van der Waals surface area contributed by atoms with Crippen molar-refractivity contribution in [2.75, 3.05) is 6.61 Å². The van der Waals surface area contributed by atoms with Crippen LogP contribution in [0, 0.1) is 6.92 Å². The van der Waals surface area contributed by atoms with Gasteiger partial charge in [-0.2, -0.15) is 0 Å². The van der Waals surface area contributed by atoms with Crippen LogP contribution in [0.1, 0.15) is 29.7 Å². The second-order valence-electron chi connectivity index (χ2n) is 4.40. The third kappa shape index (κ3) is 2.91. The SMILES string of the molecule is CCOc1ccccc1C(N)c1cccc(Cl)c1C. The number of nitrogens with two attached hydrogens (primary N) is 1. The molecule has 0 heterocycles. The molecule has 2 aromatic rings. The molecule has 0 aromatic heterocycles. The van der Waals surface area contributed by atoms with E-state index in [1.165, 1.54) is 0 Å². The van der Waals surface area contributed by atoms with E-state index in [-0.39, 0.29) is 6.04 Å². The first kappa shape index (κ1) is 13.9. The molecule has 0 bridgehead atoms. The molecule has 3 heteroatoms. The lowest BCUT2D eigenvalue weighted by molar-refractivity contribution is 0.335. The maximum atomic E-state index is 6.38. The highest BCUT2D eigenvalue weighted by molar-refractivity contribution is 6.31. The van der Waals surface area contributed by atoms with E-state index in [9.17, 15) is 0 Å². The molecule has 19 heavy (non-hydrogen) atoms. The Labute approximate surface area is 119 Å². The summed E-state index contributed by atoms with van der Waals surface area (Å²) in [6.07, 6.45) is 0. The second-order valence-corrected chi connectivity index (χ2v) is 4.81. The Hall–Kier alpha value is -1.51. The number of ether oxygens (including phenoxy) is 1. The monoisotopic (exact) mass is 275 g/mol. The van der Waals surface area contributed by atoms with Crippen molar-refractivity contribution in [3.05, 3.63) is 64.2 Å². The van der Waals surface area contributed by atoms with Gasteiger partial charge in [-0.05, 0) is 37.1 Å². The number of para-hydroxylation sites is 1. The van der Waals surface area contributed by atoms with E-state index >= 15 is 0 Å². The van der Waals surface area contributed by atoms with Gasteiger partial charge in [0.25, 0.3) is 0 Å². The van der Waals surface area contributed by atoms with Gasteiger partial charge >= 0.3 is 0 Å². The highest BCUT2D eigenvalue weighted by Crippen LogP contribution is 2.31. The zero-order valence-corrected chi connectivity index (χ0v) is 11.9. The molecule has 100 valence electrons. The van der Waals surface area contributed by atoms with Crippen LogP contribution >= 0.6 is 11.6 Å². The van der Waals surface area contributed by atoms with Crippen molar-refractivity contribution in [2.45, 2.75) is 19.9 Å². The van der Waals surface area contributed by atoms with Gasteiger partial charge in [0.05, 0.1) is 12.6 Å². The van der Waals surface area contributed by atoms with Gasteiger partial charge in [-0.1, -0.05) is 41.9 Å². The standard InChI is InChI=1S/C16H18ClNO/c1-3-19-15-10-5-4-7-13(15)16(18)12-8-6-9-14(17)11(12)2/h4-10,16H,3,18H2,1-2H3. The number of rotatable bonds is 4. The minimum absolute atomic E-state index is 0.235. The summed E-state index contributed by atoms with van der Waals surface area (Å²) >= 11 is 6.16. The molecule has 2 nitrogen and oxygen atoms in total. The second kappa shape index (κ2) is 6.09. The number of halogens is 1. The molecule has 2 rings (SSSR count). The highest BCUT2D eigenvalue weighted by atomic mass is 35.5. The molecule has 0 aliphatic rings. The lowest BCUT2D eigenvalue weighted by atomic mass is 9.95.